The van der Waals surface area contributed by atoms with Crippen LogP contribution in [0, 0.1) is 5.41 Å². The molecule has 0 atom stereocenters. The molecular weight excluding hydrogens is 248 g/mol. The van der Waals surface area contributed by atoms with E-state index in [9.17, 15) is 5.11 Å². The molecule has 1 fully saturated rings. The van der Waals surface area contributed by atoms with Gasteiger partial charge in [0.05, 0.1) is 0 Å². The van der Waals surface area contributed by atoms with Crippen molar-refractivity contribution in [2.75, 3.05) is 0 Å². The molecule has 1 heterocycles. The molecule has 0 saturated heterocycles. The predicted molar refractivity (Wildman–Crippen MR) is 80.9 cm³/mol. The maximum absolute atomic E-state index is 11.0. The van der Waals surface area contributed by atoms with Crippen molar-refractivity contribution in [2.45, 2.75) is 84.2 Å². The third-order valence-corrected chi connectivity index (χ3v) is 5.34. The van der Waals surface area contributed by atoms with Gasteiger partial charge in [0, 0.05) is 6.42 Å². The molecule has 2 nitrogen and oxygen atoms in total. The van der Waals surface area contributed by atoms with E-state index >= 15 is 0 Å². The van der Waals surface area contributed by atoms with Gasteiger partial charge in [-0.15, -0.1) is 0 Å². The molecule has 20 heavy (non-hydrogen) atoms. The fourth-order valence-electron chi connectivity index (χ4n) is 4.09. The van der Waals surface area contributed by atoms with Crippen molar-refractivity contribution < 1.29 is 9.52 Å². The molecule has 1 saturated carbocycles. The minimum absolute atomic E-state index is 0.368. The van der Waals surface area contributed by atoms with Crippen molar-refractivity contribution >= 4 is 0 Å². The van der Waals surface area contributed by atoms with Crippen molar-refractivity contribution in [1.82, 2.24) is 0 Å². The van der Waals surface area contributed by atoms with Crippen molar-refractivity contribution in [2.24, 2.45) is 5.41 Å². The van der Waals surface area contributed by atoms with E-state index in [1.807, 2.05) is 0 Å². The molecule has 0 unspecified atom stereocenters. The first-order valence-corrected chi connectivity index (χ1v) is 8.31. The smallest absolute Gasteiger partial charge is 0.139 e. The number of rotatable bonds is 2. The summed E-state index contributed by atoms with van der Waals surface area (Å²) in [4.78, 5) is 0. The molecule has 3 rings (SSSR count). The first-order valence-electron chi connectivity index (χ1n) is 8.31. The third-order valence-electron chi connectivity index (χ3n) is 5.34. The zero-order valence-corrected chi connectivity index (χ0v) is 13.2. The van der Waals surface area contributed by atoms with Crippen molar-refractivity contribution in [3.8, 4) is 0 Å². The Morgan fingerprint density at radius 2 is 1.80 bits per heavy atom. The van der Waals surface area contributed by atoms with E-state index in [-0.39, 0.29) is 0 Å². The largest absolute Gasteiger partial charge is 0.462 e. The van der Waals surface area contributed by atoms with Crippen molar-refractivity contribution in [3.05, 3.63) is 22.6 Å². The van der Waals surface area contributed by atoms with Crippen LogP contribution in [0.5, 0.6) is 0 Å². The summed E-state index contributed by atoms with van der Waals surface area (Å²) in [6.07, 6.45) is 9.54. The average Bonchev–Trinajstić information content (AvgIpc) is 2.76. The van der Waals surface area contributed by atoms with Crippen LogP contribution in [0.3, 0.4) is 0 Å². The number of furan rings is 1. The molecule has 0 aliphatic heterocycles. The molecule has 0 radical (unpaired) electrons. The number of aliphatic hydroxyl groups is 1. The quantitative estimate of drug-likeness (QED) is 0.862. The summed E-state index contributed by atoms with van der Waals surface area (Å²) in [5, 5.41) is 11.0. The lowest BCUT2D eigenvalue weighted by Gasteiger charge is -2.31. The Labute approximate surface area is 122 Å². The summed E-state index contributed by atoms with van der Waals surface area (Å²) >= 11 is 0. The Balaban J connectivity index is 2.02. The summed E-state index contributed by atoms with van der Waals surface area (Å²) in [7, 11) is 0. The fourth-order valence-corrected chi connectivity index (χ4v) is 4.09. The topological polar surface area (TPSA) is 33.4 Å². The maximum atomic E-state index is 11.0. The third kappa shape index (κ3) is 2.32. The van der Waals surface area contributed by atoms with E-state index in [1.165, 1.54) is 24.0 Å². The second-order valence-corrected chi connectivity index (χ2v) is 7.60. The van der Waals surface area contributed by atoms with Gasteiger partial charge in [0.15, 0.2) is 0 Å². The highest BCUT2D eigenvalue weighted by molar-refractivity contribution is 5.39. The Bertz CT molecular complexity index is 490. The van der Waals surface area contributed by atoms with Gasteiger partial charge in [0.25, 0.3) is 0 Å². The number of hydrogen-bond acceptors (Lipinski definition) is 2. The maximum Gasteiger partial charge on any atom is 0.139 e. The van der Waals surface area contributed by atoms with E-state index in [2.05, 4.69) is 20.8 Å². The van der Waals surface area contributed by atoms with Crippen LogP contribution in [0.25, 0.3) is 0 Å². The van der Waals surface area contributed by atoms with E-state index in [1.54, 1.807) is 0 Å². The van der Waals surface area contributed by atoms with E-state index in [0.717, 1.165) is 56.5 Å². The van der Waals surface area contributed by atoms with Gasteiger partial charge in [-0.1, -0.05) is 40.0 Å². The standard InChI is InChI=1S/C18H28O2/c1-4-13-14-12-17(2,3)11-8-15(14)20-16(13)18(19)9-6-5-7-10-18/h19H,4-12H2,1-3H3. The zero-order valence-electron chi connectivity index (χ0n) is 13.2. The van der Waals surface area contributed by atoms with Gasteiger partial charge < -0.3 is 9.52 Å². The van der Waals surface area contributed by atoms with Gasteiger partial charge in [-0.05, 0) is 48.6 Å². The van der Waals surface area contributed by atoms with Gasteiger partial charge in [0.1, 0.15) is 17.1 Å². The molecule has 2 heteroatoms. The van der Waals surface area contributed by atoms with Gasteiger partial charge in [-0.3, -0.25) is 0 Å². The molecule has 1 aromatic heterocycles. The lowest BCUT2D eigenvalue weighted by Crippen LogP contribution is -2.29. The van der Waals surface area contributed by atoms with Crippen LogP contribution < -0.4 is 0 Å². The molecule has 112 valence electrons. The predicted octanol–water partition coefficient (Wildman–Crippen LogP) is 4.51. The van der Waals surface area contributed by atoms with Crippen LogP contribution in [0.4, 0.5) is 0 Å². The van der Waals surface area contributed by atoms with Gasteiger partial charge in [-0.2, -0.15) is 0 Å². The highest BCUT2D eigenvalue weighted by atomic mass is 16.4. The number of fused-ring (bicyclic) bond motifs is 1. The Kier molecular flexibility index (Phi) is 3.48. The molecule has 2 aliphatic rings. The first-order chi connectivity index (χ1) is 9.45. The highest BCUT2D eigenvalue weighted by Gasteiger charge is 2.40. The zero-order chi connectivity index (χ0) is 14.4. The lowest BCUT2D eigenvalue weighted by atomic mass is 9.74. The number of aryl methyl sites for hydroxylation is 1. The summed E-state index contributed by atoms with van der Waals surface area (Å²) in [6.45, 7) is 6.89. The lowest BCUT2D eigenvalue weighted by molar-refractivity contribution is -0.0215. The minimum Gasteiger partial charge on any atom is -0.462 e. The Morgan fingerprint density at radius 3 is 2.45 bits per heavy atom. The Hall–Kier alpha value is -0.760. The van der Waals surface area contributed by atoms with Crippen LogP contribution in [0.15, 0.2) is 4.42 Å². The molecular formula is C18H28O2. The van der Waals surface area contributed by atoms with Crippen LogP contribution in [-0.4, -0.2) is 5.11 Å². The monoisotopic (exact) mass is 276 g/mol. The van der Waals surface area contributed by atoms with Crippen molar-refractivity contribution in [1.29, 1.82) is 0 Å². The minimum atomic E-state index is -0.689. The number of hydrogen-bond donors (Lipinski definition) is 1. The summed E-state index contributed by atoms with van der Waals surface area (Å²) in [6, 6.07) is 0. The van der Waals surface area contributed by atoms with E-state index in [4.69, 9.17) is 4.42 Å². The second-order valence-electron chi connectivity index (χ2n) is 7.60. The molecule has 0 amide bonds. The van der Waals surface area contributed by atoms with Gasteiger partial charge >= 0.3 is 0 Å². The average molecular weight is 276 g/mol. The first kappa shape index (κ1) is 14.2. The van der Waals surface area contributed by atoms with Crippen LogP contribution in [0.2, 0.25) is 0 Å². The van der Waals surface area contributed by atoms with E-state index < -0.39 is 5.60 Å². The summed E-state index contributed by atoms with van der Waals surface area (Å²) in [5.74, 6) is 2.08. The van der Waals surface area contributed by atoms with Crippen LogP contribution in [-0.2, 0) is 24.9 Å². The summed E-state index contributed by atoms with van der Waals surface area (Å²) in [5.41, 5.74) is 2.41. The van der Waals surface area contributed by atoms with Crippen LogP contribution in [0.1, 0.15) is 81.9 Å². The molecule has 2 aliphatic carbocycles. The molecule has 1 aromatic rings. The second kappa shape index (κ2) is 4.91. The van der Waals surface area contributed by atoms with Crippen LogP contribution >= 0.6 is 0 Å². The normalized spacial score (nSPS) is 24.4. The van der Waals surface area contributed by atoms with Gasteiger partial charge in [0.2, 0.25) is 0 Å². The summed E-state index contributed by atoms with van der Waals surface area (Å²) < 4.78 is 6.21. The van der Waals surface area contributed by atoms with Gasteiger partial charge in [-0.25, -0.2) is 0 Å². The van der Waals surface area contributed by atoms with E-state index in [0.29, 0.717) is 5.41 Å². The molecule has 0 spiro atoms. The molecule has 0 bridgehead atoms. The Morgan fingerprint density at radius 1 is 1.10 bits per heavy atom. The highest BCUT2D eigenvalue weighted by Crippen LogP contribution is 2.45. The van der Waals surface area contributed by atoms with Crippen molar-refractivity contribution in [3.63, 3.8) is 0 Å². The SMILES string of the molecule is CCc1c(C2(O)CCCCC2)oc2c1CC(C)(C)CC2. The fraction of sp³-hybridized carbons (Fsp3) is 0.778. The molecule has 1 N–H and O–H groups in total. The molecule has 0 aromatic carbocycles.